The van der Waals surface area contributed by atoms with E-state index in [1.165, 1.54) is 24.3 Å². The zero-order valence-corrected chi connectivity index (χ0v) is 41.3. The number of halogens is 1. The lowest BCUT2D eigenvalue weighted by molar-refractivity contribution is -0.384. The Hall–Kier alpha value is -7.45. The maximum absolute atomic E-state index is 15.5. The summed E-state index contributed by atoms with van der Waals surface area (Å²) in [6.07, 6.45) is 11.5. The fourth-order valence-corrected chi connectivity index (χ4v) is 11.2. The topological polar surface area (TPSA) is 153 Å². The van der Waals surface area contributed by atoms with Crippen LogP contribution in [0.15, 0.2) is 175 Å². The van der Waals surface area contributed by atoms with E-state index in [0.717, 1.165) is 58.7 Å². The fourth-order valence-electron chi connectivity index (χ4n) is 11.2. The average Bonchev–Trinajstić information content (AvgIpc) is 3.46. The first-order valence-corrected chi connectivity index (χ1v) is 25.5. The Morgan fingerprint density at radius 1 is 0.865 bits per heavy atom. The van der Waals surface area contributed by atoms with Crippen LogP contribution in [0.25, 0.3) is 16.8 Å². The molecule has 6 aromatic rings. The van der Waals surface area contributed by atoms with Crippen LogP contribution in [0.2, 0.25) is 0 Å². The molecule has 382 valence electrons. The molecule has 0 saturated heterocycles. The Morgan fingerprint density at radius 3 is 2.36 bits per heavy atom. The summed E-state index contributed by atoms with van der Waals surface area (Å²) in [7, 11) is 0. The highest BCUT2D eigenvalue weighted by atomic mass is 19.1. The van der Waals surface area contributed by atoms with E-state index in [1.807, 2.05) is 91.0 Å². The van der Waals surface area contributed by atoms with Crippen molar-refractivity contribution in [3.8, 4) is 11.5 Å². The molecule has 0 radical (unpaired) electrons. The molecule has 6 atom stereocenters. The number of nitrogens with zero attached hydrogens (tertiary/aromatic N) is 3. The molecule has 1 aliphatic heterocycles. The third kappa shape index (κ3) is 11.4. The Kier molecular flexibility index (Phi) is 16.7. The second-order valence-electron chi connectivity index (χ2n) is 19.2. The van der Waals surface area contributed by atoms with Crippen LogP contribution < -0.4 is 9.47 Å². The number of carbonyl (C=O) groups excluding carboxylic acids is 1. The summed E-state index contributed by atoms with van der Waals surface area (Å²) in [5.74, 6) is -2.26. The average molecular weight is 1000 g/mol. The number of amides is 1. The van der Waals surface area contributed by atoms with Crippen molar-refractivity contribution in [1.82, 2.24) is 4.90 Å². The number of nitro groups is 1. The van der Waals surface area contributed by atoms with Crippen LogP contribution in [-0.4, -0.2) is 63.3 Å². The molecule has 2 aliphatic carbocycles. The van der Waals surface area contributed by atoms with Crippen LogP contribution in [0.4, 0.5) is 10.1 Å². The molecule has 6 aromatic carbocycles. The van der Waals surface area contributed by atoms with Crippen molar-refractivity contribution in [2.75, 3.05) is 19.8 Å². The number of nitro benzene ring substituents is 1. The van der Waals surface area contributed by atoms with Crippen molar-refractivity contribution in [3.05, 3.63) is 214 Å². The van der Waals surface area contributed by atoms with Gasteiger partial charge in [-0.05, 0) is 113 Å². The zero-order chi connectivity index (χ0) is 51.4. The molecule has 9 rings (SSSR count). The number of benzene rings is 6. The van der Waals surface area contributed by atoms with Gasteiger partial charge in [-0.25, -0.2) is 4.39 Å². The van der Waals surface area contributed by atoms with Crippen LogP contribution in [0, 0.1) is 33.7 Å². The van der Waals surface area contributed by atoms with Gasteiger partial charge in [0.2, 0.25) is 11.7 Å². The maximum Gasteiger partial charge on any atom is 0.269 e. The minimum atomic E-state index is -1.57. The first-order valence-electron chi connectivity index (χ1n) is 25.5. The Balaban J connectivity index is 1.25. The Morgan fingerprint density at radius 2 is 1.59 bits per heavy atom. The molecule has 1 saturated carbocycles. The second-order valence-corrected chi connectivity index (χ2v) is 19.2. The molecule has 74 heavy (non-hydrogen) atoms. The van der Waals surface area contributed by atoms with Crippen molar-refractivity contribution in [2.45, 2.75) is 82.5 Å². The molecule has 2 N–H and O–H groups in total. The van der Waals surface area contributed by atoms with Gasteiger partial charge in [-0.2, -0.15) is 0 Å². The summed E-state index contributed by atoms with van der Waals surface area (Å²) >= 11 is 0. The van der Waals surface area contributed by atoms with Gasteiger partial charge in [0.15, 0.2) is 0 Å². The highest BCUT2D eigenvalue weighted by Gasteiger charge is 2.65. The van der Waals surface area contributed by atoms with E-state index in [-0.39, 0.29) is 81.2 Å². The molecule has 1 fully saturated rings. The smallest absolute Gasteiger partial charge is 0.269 e. The summed E-state index contributed by atoms with van der Waals surface area (Å²) in [4.78, 5) is 34.8. The zero-order valence-electron chi connectivity index (χ0n) is 41.3. The number of unbranched alkanes of at least 4 members (excludes halogenated alkanes) is 2. The summed E-state index contributed by atoms with van der Waals surface area (Å²) < 4.78 is 36.1. The van der Waals surface area contributed by atoms with Gasteiger partial charge in [0, 0.05) is 61.4 Å². The minimum Gasteiger partial charge on any atom is -0.489 e. The number of ether oxygens (including phenoxy) is 3. The lowest BCUT2D eigenvalue weighted by Crippen LogP contribution is -2.70. The minimum absolute atomic E-state index is 0.00206. The van der Waals surface area contributed by atoms with E-state index in [9.17, 15) is 24.7 Å². The normalized spacial score (nSPS) is 21.3. The quantitative estimate of drug-likeness (QED) is 0.0210. The number of carbonyl (C=O) groups is 1. The molecule has 13 heteroatoms. The highest BCUT2D eigenvalue weighted by molar-refractivity contribution is 6.03. The van der Waals surface area contributed by atoms with E-state index in [2.05, 4.69) is 12.7 Å². The van der Waals surface area contributed by atoms with Crippen molar-refractivity contribution < 1.29 is 43.4 Å². The number of non-ortho nitro benzene ring substituents is 1. The van der Waals surface area contributed by atoms with E-state index in [0.29, 0.717) is 41.2 Å². The van der Waals surface area contributed by atoms with Crippen LogP contribution in [0.5, 0.6) is 11.5 Å². The van der Waals surface area contributed by atoms with Crippen molar-refractivity contribution >= 4 is 34.2 Å². The van der Waals surface area contributed by atoms with Crippen LogP contribution in [0.1, 0.15) is 78.7 Å². The molecule has 1 heterocycles. The molecular formula is C61H62FN3O9. The standard InChI is InChI=1S/C61H62FN3O9/c1-2-35-72-61-57(64(39-46-21-14-20-44-17-6-8-22-50(44)46)58(68)32-27-42-25-28-48(29-26-42)65(69)70)38-55(63-73-40-43-15-4-3-5-16-43)52-36-45(18-10-12-33-66)51(23-11-13-34-67)59(60(52)61)53-37-49(30-31-56(53)74-61)71-41-47-19-7-9-24-54(47)62/h2-9,14-17,19-22,24-32,36-37,45,51,57,59-60,66-67H,1,10-13,18,23,33-35,38-41H2/t45-,51+,57-,59+,60+,61+/m0/s1. The fraction of sp³-hybridized carbons (Fsp3) is 0.311. The van der Waals surface area contributed by atoms with Crippen LogP contribution in [-0.2, 0) is 34.1 Å². The SMILES string of the molecule is C=CCO[C@@]12Oc3ccc(OCc4ccccc4F)cc3[C@H]3[C@H](CCCCO)[C@@H](CCCCO)C=C(C(=NOCc4ccccc4)C[C@@H]1N(Cc1cccc4ccccc14)C(=O)C=Cc1ccc([N+](=O)[O-])cc1)[C@H]32. The predicted molar refractivity (Wildman–Crippen MR) is 284 cm³/mol. The molecule has 1 amide bonds. The van der Waals surface area contributed by atoms with E-state index in [4.69, 9.17) is 24.2 Å². The Labute approximate surface area is 431 Å². The maximum atomic E-state index is 15.5. The van der Waals surface area contributed by atoms with Crippen LogP contribution >= 0.6 is 0 Å². The molecule has 0 unspecified atom stereocenters. The summed E-state index contributed by atoms with van der Waals surface area (Å²) in [6, 6.07) is 41.2. The molecule has 0 aromatic heterocycles. The van der Waals surface area contributed by atoms with E-state index in [1.54, 1.807) is 47.4 Å². The number of hydrogen-bond acceptors (Lipinski definition) is 10. The molecule has 3 aliphatic rings. The second kappa shape index (κ2) is 24.1. The summed E-state index contributed by atoms with van der Waals surface area (Å²) in [6.45, 7) is 4.57. The first kappa shape index (κ1) is 51.5. The Bertz CT molecular complexity index is 3010. The highest BCUT2D eigenvalue weighted by Crippen LogP contribution is 2.62. The van der Waals surface area contributed by atoms with Gasteiger partial charge >= 0.3 is 0 Å². The largest absolute Gasteiger partial charge is 0.489 e. The van der Waals surface area contributed by atoms with Crippen LogP contribution in [0.3, 0.4) is 0 Å². The number of allylic oxidation sites excluding steroid dienone is 1. The van der Waals surface area contributed by atoms with Gasteiger partial charge < -0.3 is 34.2 Å². The summed E-state index contributed by atoms with van der Waals surface area (Å²) in [5.41, 5.74) is 5.13. The molecular weight excluding hydrogens is 938 g/mol. The molecule has 0 bridgehead atoms. The van der Waals surface area contributed by atoms with Gasteiger partial charge in [0.1, 0.15) is 36.6 Å². The van der Waals surface area contributed by atoms with Gasteiger partial charge in [-0.3, -0.25) is 14.9 Å². The number of aliphatic hydroxyl groups excluding tert-OH is 2. The van der Waals surface area contributed by atoms with Crippen molar-refractivity contribution in [3.63, 3.8) is 0 Å². The van der Waals surface area contributed by atoms with E-state index < -0.39 is 22.7 Å². The lowest BCUT2D eigenvalue weighted by atomic mass is 9.55. The number of fused-ring (bicyclic) bond motifs is 3. The lowest BCUT2D eigenvalue weighted by Gasteiger charge is -2.60. The van der Waals surface area contributed by atoms with Crippen molar-refractivity contribution in [1.29, 1.82) is 0 Å². The summed E-state index contributed by atoms with van der Waals surface area (Å²) in [5, 5.41) is 38.7. The van der Waals surface area contributed by atoms with Gasteiger partial charge in [-0.15, -0.1) is 6.58 Å². The van der Waals surface area contributed by atoms with Gasteiger partial charge in [0.05, 0.1) is 23.2 Å². The molecule has 0 spiro atoms. The monoisotopic (exact) mass is 999 g/mol. The number of aliphatic hydroxyl groups is 2. The number of hydrogen-bond donors (Lipinski definition) is 2. The third-order valence-electron chi connectivity index (χ3n) is 14.6. The molecule has 12 nitrogen and oxygen atoms in total. The predicted octanol–water partition coefficient (Wildman–Crippen LogP) is 12.0. The van der Waals surface area contributed by atoms with Gasteiger partial charge in [0.25, 0.3) is 5.69 Å². The van der Waals surface area contributed by atoms with Crippen molar-refractivity contribution in [2.24, 2.45) is 22.9 Å². The number of rotatable bonds is 23. The third-order valence-corrected chi connectivity index (χ3v) is 14.6. The number of oxime groups is 1. The van der Waals surface area contributed by atoms with Gasteiger partial charge in [-0.1, -0.05) is 121 Å². The van der Waals surface area contributed by atoms with E-state index >= 15 is 4.79 Å². The first-order chi connectivity index (χ1) is 36.2.